The lowest BCUT2D eigenvalue weighted by atomic mass is 10.2. The monoisotopic (exact) mass is 295 g/mol. The van der Waals surface area contributed by atoms with Crippen molar-refractivity contribution in [1.29, 1.82) is 0 Å². The molecule has 0 unspecified atom stereocenters. The van der Waals surface area contributed by atoms with Crippen molar-refractivity contribution in [2.75, 3.05) is 22.7 Å². The molecule has 1 aromatic heterocycles. The zero-order chi connectivity index (χ0) is 13.5. The Kier molecular flexibility index (Phi) is 2.94. The number of aromatic nitrogens is 1. The van der Waals surface area contributed by atoms with E-state index in [2.05, 4.69) is 10.3 Å². The first-order valence-electron chi connectivity index (χ1n) is 5.87. The van der Waals surface area contributed by atoms with Crippen molar-refractivity contribution in [3.63, 3.8) is 0 Å². The number of thiazole rings is 1. The molecule has 2 aromatic rings. The van der Waals surface area contributed by atoms with E-state index in [0.29, 0.717) is 23.0 Å². The number of sulfonamides is 1. The van der Waals surface area contributed by atoms with Gasteiger partial charge in [-0.05, 0) is 19.1 Å². The number of para-hydroxylation sites is 2. The van der Waals surface area contributed by atoms with Gasteiger partial charge in [-0.3, -0.25) is 4.31 Å². The quantitative estimate of drug-likeness (QED) is 0.921. The summed E-state index contributed by atoms with van der Waals surface area (Å²) in [6.07, 6.45) is 1.43. The summed E-state index contributed by atoms with van der Waals surface area (Å²) in [6.45, 7) is 2.83. The van der Waals surface area contributed by atoms with Gasteiger partial charge in [0.2, 0.25) is 0 Å². The number of anilines is 2. The molecule has 5 nitrogen and oxygen atoms in total. The van der Waals surface area contributed by atoms with Crippen molar-refractivity contribution in [2.45, 2.75) is 11.1 Å². The van der Waals surface area contributed by atoms with Crippen molar-refractivity contribution in [2.24, 2.45) is 0 Å². The van der Waals surface area contributed by atoms with Crippen LogP contribution in [0.4, 0.5) is 11.4 Å². The van der Waals surface area contributed by atoms with E-state index in [1.165, 1.54) is 21.8 Å². The highest BCUT2D eigenvalue weighted by Gasteiger charge is 2.30. The van der Waals surface area contributed by atoms with E-state index in [-0.39, 0.29) is 0 Å². The average Bonchev–Trinajstić information content (AvgIpc) is 2.85. The first-order valence-corrected chi connectivity index (χ1v) is 8.13. The normalized spacial score (nSPS) is 14.9. The van der Waals surface area contributed by atoms with E-state index in [9.17, 15) is 8.42 Å². The highest BCUT2D eigenvalue weighted by molar-refractivity contribution is 7.94. The topological polar surface area (TPSA) is 62.3 Å². The van der Waals surface area contributed by atoms with E-state index >= 15 is 0 Å². The summed E-state index contributed by atoms with van der Waals surface area (Å²) < 4.78 is 27.0. The largest absolute Gasteiger partial charge is 0.382 e. The van der Waals surface area contributed by atoms with Crippen LogP contribution in [0.15, 0.2) is 34.7 Å². The molecule has 1 aliphatic rings. The van der Waals surface area contributed by atoms with Gasteiger partial charge in [0, 0.05) is 6.54 Å². The molecule has 0 spiro atoms. The number of hydrogen-bond acceptors (Lipinski definition) is 5. The van der Waals surface area contributed by atoms with Crippen LogP contribution in [0.25, 0.3) is 0 Å². The summed E-state index contributed by atoms with van der Waals surface area (Å²) in [5, 5.41) is 3.95. The molecule has 0 saturated heterocycles. The SMILES string of the molecule is Cc1ncc(S(=O)(=O)N2CCNc3ccccc32)s1. The van der Waals surface area contributed by atoms with Gasteiger partial charge >= 0.3 is 0 Å². The van der Waals surface area contributed by atoms with E-state index in [0.717, 1.165) is 10.7 Å². The van der Waals surface area contributed by atoms with Gasteiger partial charge in [-0.25, -0.2) is 13.4 Å². The minimum absolute atomic E-state index is 0.293. The summed E-state index contributed by atoms with van der Waals surface area (Å²) in [5.74, 6) is 0. The highest BCUT2D eigenvalue weighted by atomic mass is 32.2. The predicted octanol–water partition coefficient (Wildman–Crippen LogP) is 2.07. The third-order valence-corrected chi connectivity index (χ3v) is 6.11. The standard InChI is InChI=1S/C12H13N3O2S2/c1-9-14-8-12(18-9)19(16,17)15-7-6-13-10-4-2-3-5-11(10)15/h2-5,8,13H,6-7H2,1H3. The zero-order valence-electron chi connectivity index (χ0n) is 10.3. The van der Waals surface area contributed by atoms with E-state index in [1.54, 1.807) is 6.92 Å². The number of fused-ring (bicyclic) bond motifs is 1. The zero-order valence-corrected chi connectivity index (χ0v) is 12.0. The number of nitrogens with zero attached hydrogens (tertiary/aromatic N) is 2. The van der Waals surface area contributed by atoms with Crippen LogP contribution in [0.5, 0.6) is 0 Å². The Balaban J connectivity index is 2.08. The molecule has 0 saturated carbocycles. The predicted molar refractivity (Wildman–Crippen MR) is 76.3 cm³/mol. The summed E-state index contributed by atoms with van der Waals surface area (Å²) in [5.41, 5.74) is 1.54. The molecule has 0 bridgehead atoms. The van der Waals surface area contributed by atoms with E-state index in [1.807, 2.05) is 24.3 Å². The van der Waals surface area contributed by atoms with Gasteiger partial charge in [-0.1, -0.05) is 12.1 Å². The number of nitrogens with one attached hydrogen (secondary N) is 1. The lowest BCUT2D eigenvalue weighted by Gasteiger charge is -2.30. The third kappa shape index (κ3) is 2.08. The number of benzene rings is 1. The Morgan fingerprint density at radius 2 is 2.16 bits per heavy atom. The molecule has 100 valence electrons. The van der Waals surface area contributed by atoms with Crippen LogP contribution < -0.4 is 9.62 Å². The van der Waals surface area contributed by atoms with Crippen LogP contribution in [-0.2, 0) is 10.0 Å². The van der Waals surface area contributed by atoms with E-state index in [4.69, 9.17) is 0 Å². The average molecular weight is 295 g/mol. The van der Waals surface area contributed by atoms with Gasteiger partial charge in [0.15, 0.2) is 4.21 Å². The maximum absolute atomic E-state index is 12.6. The first-order chi connectivity index (χ1) is 9.09. The summed E-state index contributed by atoms with van der Waals surface area (Å²) in [4.78, 5) is 4.03. The molecule has 0 radical (unpaired) electrons. The van der Waals surface area contributed by atoms with Crippen molar-refractivity contribution < 1.29 is 8.42 Å². The third-order valence-electron chi connectivity index (χ3n) is 2.95. The van der Waals surface area contributed by atoms with E-state index < -0.39 is 10.0 Å². The van der Waals surface area contributed by atoms with Crippen LogP contribution in [0.1, 0.15) is 5.01 Å². The number of rotatable bonds is 2. The fourth-order valence-electron chi connectivity index (χ4n) is 2.07. The minimum atomic E-state index is -3.51. The highest BCUT2D eigenvalue weighted by Crippen LogP contribution is 2.34. The molecule has 0 atom stereocenters. The fraction of sp³-hybridized carbons (Fsp3) is 0.250. The van der Waals surface area contributed by atoms with Crippen LogP contribution in [-0.4, -0.2) is 26.5 Å². The molecule has 2 heterocycles. The molecule has 3 rings (SSSR count). The molecule has 0 amide bonds. The molecular formula is C12H13N3O2S2. The number of aryl methyl sites for hydroxylation is 1. The molecule has 19 heavy (non-hydrogen) atoms. The van der Waals surface area contributed by atoms with Crippen LogP contribution in [0.3, 0.4) is 0 Å². The van der Waals surface area contributed by atoms with Gasteiger partial charge in [-0.15, -0.1) is 11.3 Å². The maximum atomic E-state index is 12.6. The Morgan fingerprint density at radius 3 is 2.89 bits per heavy atom. The maximum Gasteiger partial charge on any atom is 0.275 e. The lowest BCUT2D eigenvalue weighted by Crippen LogP contribution is -2.38. The number of hydrogen-bond donors (Lipinski definition) is 1. The Bertz CT molecular complexity index is 709. The second kappa shape index (κ2) is 4.50. The molecule has 0 fully saturated rings. The van der Waals surface area contributed by atoms with Gasteiger partial charge in [0.25, 0.3) is 10.0 Å². The second-order valence-electron chi connectivity index (χ2n) is 4.22. The van der Waals surface area contributed by atoms with Crippen molar-refractivity contribution >= 4 is 32.7 Å². The van der Waals surface area contributed by atoms with Gasteiger partial charge in [-0.2, -0.15) is 0 Å². The van der Waals surface area contributed by atoms with Crippen LogP contribution >= 0.6 is 11.3 Å². The fourth-order valence-corrected chi connectivity index (χ4v) is 4.78. The minimum Gasteiger partial charge on any atom is -0.382 e. The first kappa shape index (κ1) is 12.4. The Morgan fingerprint density at radius 1 is 1.37 bits per heavy atom. The molecule has 1 aliphatic heterocycles. The van der Waals surface area contributed by atoms with Crippen molar-refractivity contribution in [1.82, 2.24) is 4.98 Å². The lowest BCUT2D eigenvalue weighted by molar-refractivity contribution is 0.592. The molecule has 1 aromatic carbocycles. The van der Waals surface area contributed by atoms with Crippen LogP contribution in [0, 0.1) is 6.92 Å². The van der Waals surface area contributed by atoms with Gasteiger partial charge < -0.3 is 5.32 Å². The van der Waals surface area contributed by atoms with Gasteiger partial charge in [0.05, 0.1) is 29.1 Å². The Labute approximate surface area is 116 Å². The molecular weight excluding hydrogens is 282 g/mol. The van der Waals surface area contributed by atoms with Crippen molar-refractivity contribution in [3.8, 4) is 0 Å². The molecule has 0 aliphatic carbocycles. The Hall–Kier alpha value is -1.60. The second-order valence-corrected chi connectivity index (χ2v) is 7.54. The molecule has 1 N–H and O–H groups in total. The van der Waals surface area contributed by atoms with Gasteiger partial charge in [0.1, 0.15) is 0 Å². The van der Waals surface area contributed by atoms with Crippen LogP contribution in [0.2, 0.25) is 0 Å². The smallest absolute Gasteiger partial charge is 0.275 e. The summed E-state index contributed by atoms with van der Waals surface area (Å²) in [6, 6.07) is 7.42. The summed E-state index contributed by atoms with van der Waals surface area (Å²) >= 11 is 1.20. The molecule has 7 heteroatoms. The summed E-state index contributed by atoms with van der Waals surface area (Å²) in [7, 11) is -3.51. The van der Waals surface area contributed by atoms with Crippen molar-refractivity contribution in [3.05, 3.63) is 35.5 Å².